The second-order valence-electron chi connectivity index (χ2n) is 8.39. The lowest BCUT2D eigenvalue weighted by atomic mass is 10.1. The largest absolute Gasteiger partial charge is 0.494 e. The fourth-order valence-electron chi connectivity index (χ4n) is 3.87. The Hall–Kier alpha value is -4.59. The first-order chi connectivity index (χ1) is 18.1. The summed E-state index contributed by atoms with van der Waals surface area (Å²) in [5.74, 6) is 0.945. The number of carbonyl (C=O) groups excluding carboxylic acids is 2. The van der Waals surface area contributed by atoms with E-state index < -0.39 is 0 Å². The zero-order valence-corrected chi connectivity index (χ0v) is 21.1. The van der Waals surface area contributed by atoms with Crippen molar-refractivity contribution in [2.24, 2.45) is 0 Å². The van der Waals surface area contributed by atoms with Gasteiger partial charge in [0, 0.05) is 23.9 Å². The molecule has 0 unspecified atom stereocenters. The van der Waals surface area contributed by atoms with E-state index in [1.807, 2.05) is 80.6 Å². The first-order valence-corrected chi connectivity index (χ1v) is 12.4. The van der Waals surface area contributed by atoms with E-state index in [4.69, 9.17) is 9.84 Å². The van der Waals surface area contributed by atoms with E-state index in [1.165, 1.54) is 4.90 Å². The number of hydrogen-bond acceptors (Lipinski definition) is 4. The van der Waals surface area contributed by atoms with Crippen LogP contribution < -0.4 is 15.4 Å². The number of nitrogens with zero attached hydrogens (tertiary/aromatic N) is 3. The summed E-state index contributed by atoms with van der Waals surface area (Å²) in [7, 11) is 0. The lowest BCUT2D eigenvalue weighted by molar-refractivity contribution is -0.116. The van der Waals surface area contributed by atoms with Crippen LogP contribution in [0.15, 0.2) is 91.0 Å². The molecule has 0 saturated heterocycles. The molecule has 0 aliphatic rings. The lowest BCUT2D eigenvalue weighted by Gasteiger charge is -2.22. The van der Waals surface area contributed by atoms with Crippen LogP contribution in [-0.2, 0) is 4.79 Å². The van der Waals surface area contributed by atoms with Crippen LogP contribution in [0.1, 0.15) is 20.3 Å². The number of benzene rings is 3. The maximum atomic E-state index is 13.1. The fourth-order valence-corrected chi connectivity index (χ4v) is 3.87. The Bertz CT molecular complexity index is 1300. The normalized spacial score (nSPS) is 10.5. The Morgan fingerprint density at radius 3 is 2.22 bits per heavy atom. The number of aromatic nitrogens is 2. The number of carbonyl (C=O) groups is 2. The third kappa shape index (κ3) is 6.76. The molecule has 8 nitrogen and oxygen atoms in total. The summed E-state index contributed by atoms with van der Waals surface area (Å²) in [6.45, 7) is 4.78. The SMILES string of the molecule is CCCN(CC(=O)Nc1cc(-c2ccccc2)nn1-c1ccccc1)C(=O)Nc1ccc(OCC)cc1. The van der Waals surface area contributed by atoms with Crippen LogP contribution >= 0.6 is 0 Å². The van der Waals surface area contributed by atoms with Gasteiger partial charge in [0.15, 0.2) is 0 Å². The molecule has 0 fully saturated rings. The minimum Gasteiger partial charge on any atom is -0.494 e. The van der Waals surface area contributed by atoms with E-state index in [2.05, 4.69) is 10.6 Å². The van der Waals surface area contributed by atoms with Crippen LogP contribution in [-0.4, -0.2) is 46.3 Å². The van der Waals surface area contributed by atoms with Crippen molar-refractivity contribution in [1.29, 1.82) is 0 Å². The average Bonchev–Trinajstić information content (AvgIpc) is 3.34. The van der Waals surface area contributed by atoms with E-state index in [0.29, 0.717) is 31.1 Å². The average molecular weight is 498 g/mol. The predicted molar refractivity (Wildman–Crippen MR) is 146 cm³/mol. The second kappa shape index (κ2) is 12.4. The molecule has 2 N–H and O–H groups in total. The van der Waals surface area contributed by atoms with Crippen molar-refractivity contribution in [1.82, 2.24) is 14.7 Å². The summed E-state index contributed by atoms with van der Waals surface area (Å²) in [5.41, 5.74) is 3.12. The molecule has 0 aliphatic carbocycles. The lowest BCUT2D eigenvalue weighted by Crippen LogP contribution is -2.41. The highest BCUT2D eigenvalue weighted by molar-refractivity contribution is 5.97. The van der Waals surface area contributed by atoms with E-state index in [1.54, 1.807) is 28.9 Å². The molecule has 4 aromatic rings. The van der Waals surface area contributed by atoms with Gasteiger partial charge < -0.3 is 20.3 Å². The van der Waals surface area contributed by atoms with Crippen LogP contribution in [0.5, 0.6) is 5.75 Å². The third-order valence-electron chi connectivity index (χ3n) is 5.58. The highest BCUT2D eigenvalue weighted by atomic mass is 16.5. The van der Waals surface area contributed by atoms with Crippen molar-refractivity contribution in [2.75, 3.05) is 30.3 Å². The molecular weight excluding hydrogens is 466 g/mol. The number of anilines is 2. The number of hydrogen-bond donors (Lipinski definition) is 2. The molecule has 0 atom stereocenters. The predicted octanol–water partition coefficient (Wildman–Crippen LogP) is 5.82. The summed E-state index contributed by atoms with van der Waals surface area (Å²) < 4.78 is 7.15. The minimum absolute atomic E-state index is 0.0999. The van der Waals surface area contributed by atoms with Gasteiger partial charge in [0.1, 0.15) is 18.1 Å². The van der Waals surface area contributed by atoms with Crippen molar-refractivity contribution in [3.8, 4) is 22.7 Å². The summed E-state index contributed by atoms with van der Waals surface area (Å²) >= 11 is 0. The van der Waals surface area contributed by atoms with Crippen LogP contribution in [0.25, 0.3) is 16.9 Å². The first kappa shape index (κ1) is 25.5. The Morgan fingerprint density at radius 2 is 1.57 bits per heavy atom. The molecule has 0 spiro atoms. The molecule has 1 heterocycles. The van der Waals surface area contributed by atoms with Crippen molar-refractivity contribution in [2.45, 2.75) is 20.3 Å². The molecule has 37 heavy (non-hydrogen) atoms. The zero-order chi connectivity index (χ0) is 26.0. The third-order valence-corrected chi connectivity index (χ3v) is 5.58. The van der Waals surface area contributed by atoms with Gasteiger partial charge in [0.2, 0.25) is 5.91 Å². The molecule has 4 rings (SSSR count). The smallest absolute Gasteiger partial charge is 0.322 e. The molecule has 1 aromatic heterocycles. The van der Waals surface area contributed by atoms with Crippen LogP contribution in [0.3, 0.4) is 0 Å². The number of rotatable bonds is 10. The van der Waals surface area contributed by atoms with Gasteiger partial charge in [0.25, 0.3) is 0 Å². The highest BCUT2D eigenvalue weighted by Gasteiger charge is 2.19. The van der Waals surface area contributed by atoms with Gasteiger partial charge >= 0.3 is 6.03 Å². The molecular formula is C29H31N5O3. The summed E-state index contributed by atoms with van der Waals surface area (Å²) in [4.78, 5) is 27.6. The highest BCUT2D eigenvalue weighted by Crippen LogP contribution is 2.25. The quantitative estimate of drug-likeness (QED) is 0.289. The van der Waals surface area contributed by atoms with Gasteiger partial charge in [-0.1, -0.05) is 55.5 Å². The number of amides is 3. The molecule has 0 bridgehead atoms. The van der Waals surface area contributed by atoms with Crippen LogP contribution in [0, 0.1) is 0 Å². The number of urea groups is 1. The molecule has 0 aliphatic heterocycles. The zero-order valence-electron chi connectivity index (χ0n) is 21.1. The molecule has 0 saturated carbocycles. The van der Waals surface area contributed by atoms with E-state index in [-0.39, 0.29) is 18.5 Å². The van der Waals surface area contributed by atoms with Gasteiger partial charge in [-0.3, -0.25) is 4.79 Å². The van der Waals surface area contributed by atoms with E-state index in [9.17, 15) is 9.59 Å². The minimum atomic E-state index is -0.345. The summed E-state index contributed by atoms with van der Waals surface area (Å²) in [6.07, 6.45) is 0.712. The van der Waals surface area contributed by atoms with Crippen molar-refractivity contribution < 1.29 is 14.3 Å². The van der Waals surface area contributed by atoms with Crippen molar-refractivity contribution >= 4 is 23.4 Å². The Labute approximate surface area is 216 Å². The Morgan fingerprint density at radius 1 is 0.892 bits per heavy atom. The summed E-state index contributed by atoms with van der Waals surface area (Å²) in [6, 6.07) is 28.0. The first-order valence-electron chi connectivity index (χ1n) is 12.4. The number of nitrogens with one attached hydrogen (secondary N) is 2. The van der Waals surface area contributed by atoms with Gasteiger partial charge in [0.05, 0.1) is 18.0 Å². The molecule has 8 heteroatoms. The maximum absolute atomic E-state index is 13.1. The number of ether oxygens (including phenoxy) is 1. The standard InChI is InChI=1S/C29H31N5O3/c1-3-19-33(29(36)30-23-15-17-25(18-16-23)37-4-2)21-28(35)31-27-20-26(22-11-7-5-8-12-22)32-34(27)24-13-9-6-10-14-24/h5-18,20H,3-4,19,21H2,1-2H3,(H,30,36)(H,31,35). The molecule has 190 valence electrons. The van der Waals surface area contributed by atoms with Gasteiger partial charge in [-0.25, -0.2) is 9.48 Å². The molecule has 3 amide bonds. The van der Waals surface area contributed by atoms with Crippen molar-refractivity contribution in [3.63, 3.8) is 0 Å². The second-order valence-corrected chi connectivity index (χ2v) is 8.39. The molecule has 0 radical (unpaired) electrons. The van der Waals surface area contributed by atoms with Crippen molar-refractivity contribution in [3.05, 3.63) is 91.0 Å². The van der Waals surface area contributed by atoms with Gasteiger partial charge in [-0.2, -0.15) is 5.10 Å². The van der Waals surface area contributed by atoms with E-state index in [0.717, 1.165) is 22.7 Å². The van der Waals surface area contributed by atoms with E-state index >= 15 is 0 Å². The Balaban J connectivity index is 1.49. The van der Waals surface area contributed by atoms with Gasteiger partial charge in [-0.05, 0) is 49.7 Å². The Kier molecular flexibility index (Phi) is 8.54. The number of para-hydroxylation sites is 1. The summed E-state index contributed by atoms with van der Waals surface area (Å²) in [5, 5.41) is 10.5. The topological polar surface area (TPSA) is 88.5 Å². The molecule has 3 aromatic carbocycles. The fraction of sp³-hybridized carbons (Fsp3) is 0.207. The van der Waals surface area contributed by atoms with Gasteiger partial charge in [-0.15, -0.1) is 0 Å². The monoisotopic (exact) mass is 497 g/mol. The maximum Gasteiger partial charge on any atom is 0.322 e. The van der Waals surface area contributed by atoms with Crippen LogP contribution in [0.2, 0.25) is 0 Å². The van der Waals surface area contributed by atoms with Crippen LogP contribution in [0.4, 0.5) is 16.3 Å².